The number of nitrogens with zero attached hydrogens (tertiary/aromatic N) is 4. The van der Waals surface area contributed by atoms with E-state index in [0.29, 0.717) is 42.5 Å². The van der Waals surface area contributed by atoms with Crippen LogP contribution in [0.25, 0.3) is 0 Å². The zero-order valence-corrected chi connectivity index (χ0v) is 14.1. The van der Waals surface area contributed by atoms with Crippen molar-refractivity contribution in [2.75, 3.05) is 36.8 Å². The van der Waals surface area contributed by atoms with Crippen LogP contribution in [0.5, 0.6) is 0 Å². The lowest BCUT2D eigenvalue weighted by Gasteiger charge is -2.35. The summed E-state index contributed by atoms with van der Waals surface area (Å²) >= 11 is 3.31. The number of rotatable bonds is 1. The Morgan fingerprint density at radius 3 is 2.43 bits per heavy atom. The van der Waals surface area contributed by atoms with E-state index in [1.54, 1.807) is 11.0 Å². The summed E-state index contributed by atoms with van der Waals surface area (Å²) < 4.78 is 6.02. The highest BCUT2D eigenvalue weighted by Gasteiger charge is 2.26. The van der Waals surface area contributed by atoms with Crippen molar-refractivity contribution in [1.29, 1.82) is 0 Å². The Bertz CT molecular complexity index is 504. The van der Waals surface area contributed by atoms with Crippen LogP contribution < -0.4 is 10.6 Å². The minimum atomic E-state index is -0.476. The molecule has 1 aromatic rings. The third kappa shape index (κ3) is 4.45. The summed E-state index contributed by atoms with van der Waals surface area (Å²) in [4.78, 5) is 24.2. The maximum atomic E-state index is 12.0. The van der Waals surface area contributed by atoms with Gasteiger partial charge in [-0.05, 0) is 36.7 Å². The quantitative estimate of drug-likeness (QED) is 0.772. The number of nitrogens with two attached hydrogens (primary N) is 1. The van der Waals surface area contributed by atoms with Gasteiger partial charge in [-0.25, -0.2) is 9.78 Å². The molecule has 8 heteroatoms. The van der Waals surface area contributed by atoms with Crippen molar-refractivity contribution >= 4 is 33.8 Å². The molecule has 7 nitrogen and oxygen atoms in total. The minimum Gasteiger partial charge on any atom is -0.444 e. The Morgan fingerprint density at radius 2 is 1.90 bits per heavy atom. The molecule has 1 aliphatic heterocycles. The zero-order chi connectivity index (χ0) is 15.6. The average molecular weight is 358 g/mol. The van der Waals surface area contributed by atoms with Gasteiger partial charge in [0.1, 0.15) is 16.0 Å². The van der Waals surface area contributed by atoms with Gasteiger partial charge in [0, 0.05) is 32.2 Å². The number of nitrogen functional groups attached to an aromatic ring is 1. The molecule has 0 aliphatic carbocycles. The fraction of sp³-hybridized carbons (Fsp3) is 0.615. The van der Waals surface area contributed by atoms with Gasteiger partial charge in [0.25, 0.3) is 0 Å². The highest BCUT2D eigenvalue weighted by Crippen LogP contribution is 2.18. The Morgan fingerprint density at radius 1 is 1.29 bits per heavy atom. The number of carbonyl (C=O) groups excluding carboxylic acids is 1. The first kappa shape index (κ1) is 15.8. The van der Waals surface area contributed by atoms with E-state index < -0.39 is 5.60 Å². The molecule has 0 radical (unpaired) electrons. The number of aromatic nitrogens is 2. The Kier molecular flexibility index (Phi) is 4.55. The maximum Gasteiger partial charge on any atom is 0.410 e. The first-order valence-electron chi connectivity index (χ1n) is 6.77. The molecule has 0 unspecified atom stereocenters. The number of anilines is 2. The van der Waals surface area contributed by atoms with Gasteiger partial charge in [0.15, 0.2) is 0 Å². The van der Waals surface area contributed by atoms with Crippen molar-refractivity contribution in [3.63, 3.8) is 0 Å². The zero-order valence-electron chi connectivity index (χ0n) is 12.5. The number of amides is 1. The lowest BCUT2D eigenvalue weighted by atomic mass is 10.2. The van der Waals surface area contributed by atoms with Gasteiger partial charge in [-0.1, -0.05) is 0 Å². The summed E-state index contributed by atoms with van der Waals surface area (Å²) in [6.07, 6.45) is -0.281. The molecule has 0 atom stereocenters. The first-order valence-corrected chi connectivity index (χ1v) is 7.57. The van der Waals surface area contributed by atoms with Gasteiger partial charge in [0.2, 0.25) is 5.95 Å². The van der Waals surface area contributed by atoms with Crippen molar-refractivity contribution in [2.24, 2.45) is 0 Å². The van der Waals surface area contributed by atoms with E-state index in [2.05, 4.69) is 25.9 Å². The molecule has 0 bridgehead atoms. The third-order valence-electron chi connectivity index (χ3n) is 2.92. The smallest absolute Gasteiger partial charge is 0.410 e. The van der Waals surface area contributed by atoms with Gasteiger partial charge in [0.05, 0.1) is 0 Å². The number of hydrogen-bond acceptors (Lipinski definition) is 6. The van der Waals surface area contributed by atoms with Crippen molar-refractivity contribution in [3.8, 4) is 0 Å². The van der Waals surface area contributed by atoms with Crippen LogP contribution in [0.4, 0.5) is 16.6 Å². The normalized spacial score (nSPS) is 16.0. The van der Waals surface area contributed by atoms with E-state index >= 15 is 0 Å². The largest absolute Gasteiger partial charge is 0.444 e. The van der Waals surface area contributed by atoms with Crippen LogP contribution in [-0.4, -0.2) is 52.7 Å². The Balaban J connectivity index is 1.95. The molecule has 116 valence electrons. The van der Waals surface area contributed by atoms with E-state index in [1.807, 2.05) is 25.7 Å². The Labute approximate surface area is 132 Å². The second-order valence-corrected chi connectivity index (χ2v) is 6.68. The van der Waals surface area contributed by atoms with E-state index in [4.69, 9.17) is 10.5 Å². The van der Waals surface area contributed by atoms with Gasteiger partial charge in [-0.3, -0.25) is 0 Å². The first-order chi connectivity index (χ1) is 9.74. The second-order valence-electron chi connectivity index (χ2n) is 5.87. The molecular formula is C13H20BrN5O2. The highest BCUT2D eigenvalue weighted by molar-refractivity contribution is 9.10. The lowest BCUT2D eigenvalue weighted by molar-refractivity contribution is 0.0240. The highest BCUT2D eigenvalue weighted by atomic mass is 79.9. The lowest BCUT2D eigenvalue weighted by Crippen LogP contribution is -2.50. The topological polar surface area (TPSA) is 84.6 Å². The van der Waals surface area contributed by atoms with Crippen LogP contribution in [0.3, 0.4) is 0 Å². The van der Waals surface area contributed by atoms with Crippen LogP contribution in [0, 0.1) is 0 Å². The Hall–Kier alpha value is -1.57. The summed E-state index contributed by atoms with van der Waals surface area (Å²) in [7, 11) is 0. The monoisotopic (exact) mass is 357 g/mol. The predicted octanol–water partition coefficient (Wildman–Crippen LogP) is 1.88. The average Bonchev–Trinajstić information content (AvgIpc) is 2.35. The molecule has 1 amide bonds. The predicted molar refractivity (Wildman–Crippen MR) is 84.2 cm³/mol. The fourth-order valence-electron chi connectivity index (χ4n) is 1.98. The number of ether oxygens (including phenoxy) is 1. The van der Waals surface area contributed by atoms with Gasteiger partial charge < -0.3 is 20.3 Å². The number of hydrogen-bond donors (Lipinski definition) is 1. The summed E-state index contributed by atoms with van der Waals surface area (Å²) in [6.45, 7) is 8.03. The summed E-state index contributed by atoms with van der Waals surface area (Å²) in [5.74, 6) is 0.993. The van der Waals surface area contributed by atoms with Crippen LogP contribution in [0.1, 0.15) is 20.8 Å². The standard InChI is InChI=1S/C13H20BrN5O2/c1-13(2,3)21-12(20)19-6-4-18(5-7-19)11-16-9(14)8-10(15)17-11/h8H,4-7H2,1-3H3,(H2,15,16,17). The molecule has 21 heavy (non-hydrogen) atoms. The van der Waals surface area contributed by atoms with Crippen molar-refractivity contribution < 1.29 is 9.53 Å². The van der Waals surface area contributed by atoms with Gasteiger partial charge >= 0.3 is 6.09 Å². The van der Waals surface area contributed by atoms with Gasteiger partial charge in [-0.2, -0.15) is 4.98 Å². The van der Waals surface area contributed by atoms with Crippen molar-refractivity contribution in [1.82, 2.24) is 14.9 Å². The van der Waals surface area contributed by atoms with E-state index in [1.165, 1.54) is 0 Å². The second kappa shape index (κ2) is 6.05. The molecule has 2 N–H and O–H groups in total. The van der Waals surface area contributed by atoms with Crippen LogP contribution in [0.15, 0.2) is 10.7 Å². The van der Waals surface area contributed by atoms with Crippen molar-refractivity contribution in [2.45, 2.75) is 26.4 Å². The fourth-order valence-corrected chi connectivity index (χ4v) is 2.37. The molecule has 1 aromatic heterocycles. The molecule has 0 saturated carbocycles. The molecule has 1 fully saturated rings. The molecule has 0 spiro atoms. The molecule has 1 saturated heterocycles. The van der Waals surface area contributed by atoms with E-state index in [-0.39, 0.29) is 6.09 Å². The molecule has 2 heterocycles. The number of piperazine rings is 1. The number of halogens is 1. The SMILES string of the molecule is CC(C)(C)OC(=O)N1CCN(c2nc(N)cc(Br)n2)CC1. The van der Waals surface area contributed by atoms with Crippen LogP contribution >= 0.6 is 15.9 Å². The van der Waals surface area contributed by atoms with Gasteiger partial charge in [-0.15, -0.1) is 0 Å². The number of carbonyl (C=O) groups is 1. The molecule has 2 rings (SSSR count). The summed E-state index contributed by atoms with van der Waals surface area (Å²) in [5.41, 5.74) is 5.24. The van der Waals surface area contributed by atoms with Crippen molar-refractivity contribution in [3.05, 3.63) is 10.7 Å². The summed E-state index contributed by atoms with van der Waals surface area (Å²) in [5, 5.41) is 0. The molecular weight excluding hydrogens is 338 g/mol. The maximum absolute atomic E-state index is 12.0. The third-order valence-corrected chi connectivity index (χ3v) is 3.32. The molecule has 1 aliphatic rings. The van der Waals surface area contributed by atoms with E-state index in [0.717, 1.165) is 0 Å². The van der Waals surface area contributed by atoms with Crippen LogP contribution in [-0.2, 0) is 4.74 Å². The minimum absolute atomic E-state index is 0.281. The molecule has 0 aromatic carbocycles. The van der Waals surface area contributed by atoms with Crippen LogP contribution in [0.2, 0.25) is 0 Å². The summed E-state index contributed by atoms with van der Waals surface area (Å²) in [6, 6.07) is 1.65. The van der Waals surface area contributed by atoms with E-state index in [9.17, 15) is 4.79 Å².